The molecular weight excluding hydrogens is 238 g/mol. The Morgan fingerprint density at radius 3 is 2.89 bits per heavy atom. The van der Waals surface area contributed by atoms with Gasteiger partial charge in [-0.1, -0.05) is 12.2 Å². The highest BCUT2D eigenvalue weighted by Gasteiger charge is 2.21. The number of hydrogen-bond donors (Lipinski definition) is 1. The molecule has 0 saturated heterocycles. The summed E-state index contributed by atoms with van der Waals surface area (Å²) in [5.41, 5.74) is 0. The van der Waals surface area contributed by atoms with Crippen LogP contribution >= 0.6 is 0 Å². The van der Waals surface area contributed by atoms with Gasteiger partial charge in [-0.15, -0.1) is 0 Å². The Bertz CT molecular complexity index is 285. The van der Waals surface area contributed by atoms with Gasteiger partial charge < -0.3 is 15.0 Å². The minimum absolute atomic E-state index is 0.784. The number of nitrogens with one attached hydrogen (secondary N) is 1. The molecule has 110 valence electrons. The van der Waals surface area contributed by atoms with Gasteiger partial charge in [-0.2, -0.15) is 0 Å². The molecular formula is C15H29N3O. The maximum absolute atomic E-state index is 5.66. The van der Waals surface area contributed by atoms with E-state index in [-0.39, 0.29) is 0 Å². The normalized spacial score (nSPS) is 16.1. The van der Waals surface area contributed by atoms with Crippen molar-refractivity contribution in [3.05, 3.63) is 12.2 Å². The van der Waals surface area contributed by atoms with Crippen molar-refractivity contribution in [3.8, 4) is 0 Å². The molecule has 1 fully saturated rings. The summed E-state index contributed by atoms with van der Waals surface area (Å²) >= 11 is 0. The quantitative estimate of drug-likeness (QED) is 0.301. The minimum Gasteiger partial charge on any atom is -0.379 e. The number of nitrogens with zero attached hydrogens (tertiary/aromatic N) is 2. The van der Waals surface area contributed by atoms with Gasteiger partial charge in [0.05, 0.1) is 6.61 Å². The Labute approximate surface area is 117 Å². The number of rotatable bonds is 9. The average molecular weight is 267 g/mol. The highest BCUT2D eigenvalue weighted by molar-refractivity contribution is 5.79. The van der Waals surface area contributed by atoms with E-state index in [0.717, 1.165) is 51.1 Å². The summed E-state index contributed by atoms with van der Waals surface area (Å²) in [5, 5.41) is 3.32. The van der Waals surface area contributed by atoms with E-state index >= 15 is 0 Å². The van der Waals surface area contributed by atoms with Crippen molar-refractivity contribution in [2.75, 3.05) is 39.9 Å². The summed E-state index contributed by atoms with van der Waals surface area (Å²) in [4.78, 5) is 6.75. The first kappa shape index (κ1) is 16.0. The van der Waals surface area contributed by atoms with Crippen molar-refractivity contribution in [1.82, 2.24) is 10.2 Å². The number of guanidine groups is 1. The second-order valence-corrected chi connectivity index (χ2v) is 5.03. The van der Waals surface area contributed by atoms with Crippen LogP contribution in [0.2, 0.25) is 0 Å². The molecule has 1 aliphatic carbocycles. The molecule has 0 spiro atoms. The van der Waals surface area contributed by atoms with E-state index in [1.807, 2.05) is 6.92 Å². The fraction of sp³-hybridized carbons (Fsp3) is 0.800. The molecule has 4 nitrogen and oxygen atoms in total. The molecule has 0 bridgehead atoms. The van der Waals surface area contributed by atoms with Crippen LogP contribution in [0.4, 0.5) is 0 Å². The summed E-state index contributed by atoms with van der Waals surface area (Å²) in [5.74, 6) is 1.81. The fourth-order valence-electron chi connectivity index (χ4n) is 1.72. The smallest absolute Gasteiger partial charge is 0.193 e. The van der Waals surface area contributed by atoms with E-state index in [4.69, 9.17) is 4.74 Å². The molecule has 0 aliphatic heterocycles. The van der Waals surface area contributed by atoms with Crippen LogP contribution in [-0.4, -0.2) is 50.8 Å². The van der Waals surface area contributed by atoms with Crippen molar-refractivity contribution in [2.45, 2.75) is 33.1 Å². The van der Waals surface area contributed by atoms with Gasteiger partial charge in [0.2, 0.25) is 0 Å². The molecule has 0 aromatic rings. The van der Waals surface area contributed by atoms with Gasteiger partial charge in [0.25, 0.3) is 0 Å². The summed E-state index contributed by atoms with van der Waals surface area (Å²) in [7, 11) is 2.07. The van der Waals surface area contributed by atoms with Crippen molar-refractivity contribution in [3.63, 3.8) is 0 Å². The Morgan fingerprint density at radius 2 is 2.26 bits per heavy atom. The van der Waals surface area contributed by atoms with Crippen LogP contribution in [0.5, 0.6) is 0 Å². The summed E-state index contributed by atoms with van der Waals surface area (Å²) in [6, 6.07) is 0. The molecule has 19 heavy (non-hydrogen) atoms. The maximum Gasteiger partial charge on any atom is 0.193 e. The highest BCUT2D eigenvalue weighted by atomic mass is 16.5. The number of ether oxygens (including phenoxy) is 1. The molecule has 0 amide bonds. The monoisotopic (exact) mass is 267 g/mol. The van der Waals surface area contributed by atoms with Gasteiger partial charge in [-0.3, -0.25) is 4.99 Å². The number of allylic oxidation sites excluding steroid dienone is 1. The lowest BCUT2D eigenvalue weighted by molar-refractivity contribution is 0.115. The molecule has 4 heteroatoms. The zero-order valence-electron chi connectivity index (χ0n) is 12.7. The van der Waals surface area contributed by atoms with Gasteiger partial charge in [0.1, 0.15) is 0 Å². The lowest BCUT2D eigenvalue weighted by atomic mass is 10.4. The van der Waals surface area contributed by atoms with Crippen LogP contribution in [0.15, 0.2) is 17.1 Å². The van der Waals surface area contributed by atoms with Gasteiger partial charge >= 0.3 is 0 Å². The molecule has 1 rings (SSSR count). The van der Waals surface area contributed by atoms with Crippen LogP contribution in [0.3, 0.4) is 0 Å². The molecule has 1 N–H and O–H groups in total. The molecule has 0 aromatic heterocycles. The topological polar surface area (TPSA) is 36.9 Å². The van der Waals surface area contributed by atoms with Gasteiger partial charge in [-0.05, 0) is 39.0 Å². The lowest BCUT2D eigenvalue weighted by Gasteiger charge is -2.21. The van der Waals surface area contributed by atoms with E-state index < -0.39 is 0 Å². The molecule has 0 aromatic carbocycles. The summed E-state index contributed by atoms with van der Waals surface area (Å²) < 4.78 is 5.66. The summed E-state index contributed by atoms with van der Waals surface area (Å²) in [6.07, 6.45) is 7.91. The van der Waals surface area contributed by atoms with Crippen LogP contribution < -0.4 is 5.32 Å². The lowest BCUT2D eigenvalue weighted by Crippen LogP contribution is -2.40. The molecule has 1 saturated carbocycles. The second kappa shape index (κ2) is 9.84. The Kier molecular flexibility index (Phi) is 8.30. The highest BCUT2D eigenvalue weighted by Crippen LogP contribution is 2.28. The van der Waals surface area contributed by atoms with E-state index in [1.165, 1.54) is 12.8 Å². The van der Waals surface area contributed by atoms with E-state index in [2.05, 4.69) is 41.3 Å². The average Bonchev–Trinajstić information content (AvgIpc) is 3.22. The van der Waals surface area contributed by atoms with Crippen LogP contribution in [0.25, 0.3) is 0 Å². The third-order valence-corrected chi connectivity index (χ3v) is 3.11. The number of hydrogen-bond acceptors (Lipinski definition) is 2. The van der Waals surface area contributed by atoms with Gasteiger partial charge in [-0.25, -0.2) is 0 Å². The first-order valence-electron chi connectivity index (χ1n) is 7.46. The minimum atomic E-state index is 0.784. The standard InChI is InChI=1S/C15H29N3O/c1-4-6-7-10-17-15(16-5-2)18(3)11-12-19-13-14-8-9-14/h4,6,14H,5,7-13H2,1-3H3,(H,16,17)/b6-4+. The van der Waals surface area contributed by atoms with Gasteiger partial charge in [0, 0.05) is 33.3 Å². The van der Waals surface area contributed by atoms with Crippen LogP contribution in [-0.2, 0) is 4.74 Å². The van der Waals surface area contributed by atoms with E-state index in [0.29, 0.717) is 0 Å². The third-order valence-electron chi connectivity index (χ3n) is 3.11. The Hall–Kier alpha value is -1.03. The van der Waals surface area contributed by atoms with Crippen LogP contribution in [0.1, 0.15) is 33.1 Å². The zero-order valence-corrected chi connectivity index (χ0v) is 12.7. The van der Waals surface area contributed by atoms with E-state index in [1.54, 1.807) is 0 Å². The van der Waals surface area contributed by atoms with E-state index in [9.17, 15) is 0 Å². The maximum atomic E-state index is 5.66. The van der Waals surface area contributed by atoms with Crippen molar-refractivity contribution in [1.29, 1.82) is 0 Å². The predicted octanol–water partition coefficient (Wildman–Crippen LogP) is 2.28. The zero-order chi connectivity index (χ0) is 13.9. The van der Waals surface area contributed by atoms with Gasteiger partial charge in [0.15, 0.2) is 5.96 Å². The van der Waals surface area contributed by atoms with Crippen molar-refractivity contribution >= 4 is 5.96 Å². The Morgan fingerprint density at radius 1 is 1.47 bits per heavy atom. The molecule has 0 radical (unpaired) electrons. The number of likely N-dealkylation sites (N-methyl/N-ethyl adjacent to an activating group) is 1. The van der Waals surface area contributed by atoms with Crippen molar-refractivity contribution < 1.29 is 4.74 Å². The number of aliphatic imine (C=N–C) groups is 1. The SMILES string of the molecule is C/C=C/CCN=C(NCC)N(C)CCOCC1CC1. The van der Waals surface area contributed by atoms with Crippen molar-refractivity contribution in [2.24, 2.45) is 10.9 Å². The molecule has 0 unspecified atom stereocenters. The predicted molar refractivity (Wildman–Crippen MR) is 81.6 cm³/mol. The first-order chi connectivity index (χ1) is 9.27. The second-order valence-electron chi connectivity index (χ2n) is 5.03. The molecule has 0 heterocycles. The first-order valence-corrected chi connectivity index (χ1v) is 7.46. The molecule has 0 atom stereocenters. The third kappa shape index (κ3) is 7.88. The van der Waals surface area contributed by atoms with Crippen LogP contribution in [0, 0.1) is 5.92 Å². The fourth-order valence-corrected chi connectivity index (χ4v) is 1.72. The molecule has 1 aliphatic rings. The Balaban J connectivity index is 2.22. The summed E-state index contributed by atoms with van der Waals surface area (Å²) in [6.45, 7) is 8.48. The largest absolute Gasteiger partial charge is 0.379 e.